The maximum Gasteiger partial charge on any atom is 0.275 e. The van der Waals surface area contributed by atoms with Gasteiger partial charge in [-0.1, -0.05) is 24.6 Å². The fourth-order valence-electron chi connectivity index (χ4n) is 4.26. The molecule has 2 atom stereocenters. The normalized spacial score (nSPS) is 23.9. The van der Waals surface area contributed by atoms with E-state index in [-0.39, 0.29) is 35.6 Å². The topological polar surface area (TPSA) is 73.2 Å². The smallest absolute Gasteiger partial charge is 0.275 e. The number of nitrogens with zero attached hydrogens (tertiary/aromatic N) is 2. The van der Waals surface area contributed by atoms with Crippen molar-refractivity contribution in [2.24, 2.45) is 5.41 Å². The molecule has 1 aromatic carbocycles. The molecule has 1 N–H and O–H groups in total. The molecular formula is C19H23N3O3. The second kappa shape index (κ2) is 6.26. The Morgan fingerprint density at radius 1 is 1.40 bits per heavy atom. The minimum Gasteiger partial charge on any atom is -0.378 e. The molecule has 1 aromatic heterocycles. The van der Waals surface area contributed by atoms with Crippen molar-refractivity contribution in [3.63, 3.8) is 0 Å². The third kappa shape index (κ3) is 2.65. The van der Waals surface area contributed by atoms with E-state index in [0.717, 1.165) is 24.6 Å². The lowest BCUT2D eigenvalue weighted by atomic mass is 9.51. The van der Waals surface area contributed by atoms with Gasteiger partial charge in [-0.3, -0.25) is 9.59 Å². The van der Waals surface area contributed by atoms with Gasteiger partial charge >= 0.3 is 0 Å². The van der Waals surface area contributed by atoms with Crippen LogP contribution in [-0.4, -0.2) is 34.4 Å². The van der Waals surface area contributed by atoms with Crippen molar-refractivity contribution in [2.75, 3.05) is 6.61 Å². The van der Waals surface area contributed by atoms with Crippen molar-refractivity contribution in [3.05, 3.63) is 40.8 Å². The number of carbonyl (C=O) groups excluding carboxylic acids is 1. The first kappa shape index (κ1) is 16.3. The van der Waals surface area contributed by atoms with Gasteiger partial charge in [0.05, 0.1) is 17.7 Å². The number of hydrogen-bond acceptors (Lipinski definition) is 4. The third-order valence-electron chi connectivity index (χ3n) is 5.83. The van der Waals surface area contributed by atoms with Gasteiger partial charge in [0.1, 0.15) is 6.54 Å². The zero-order valence-corrected chi connectivity index (χ0v) is 14.4. The second-order valence-corrected chi connectivity index (χ2v) is 7.08. The number of aromatic nitrogens is 2. The number of fused-ring (bicyclic) bond motifs is 1. The lowest BCUT2D eigenvalue weighted by Crippen LogP contribution is -2.68. The summed E-state index contributed by atoms with van der Waals surface area (Å²) in [4.78, 5) is 24.9. The van der Waals surface area contributed by atoms with E-state index >= 15 is 0 Å². The van der Waals surface area contributed by atoms with Gasteiger partial charge in [0.25, 0.3) is 5.56 Å². The first-order valence-electron chi connectivity index (χ1n) is 9.00. The number of rotatable bonds is 5. The van der Waals surface area contributed by atoms with Crippen LogP contribution in [0.25, 0.3) is 10.8 Å². The van der Waals surface area contributed by atoms with E-state index in [1.165, 1.54) is 11.1 Å². The van der Waals surface area contributed by atoms with Gasteiger partial charge in [0, 0.05) is 23.4 Å². The Labute approximate surface area is 146 Å². The Morgan fingerprint density at radius 3 is 2.92 bits per heavy atom. The summed E-state index contributed by atoms with van der Waals surface area (Å²) in [7, 11) is 0. The minimum atomic E-state index is -0.229. The van der Waals surface area contributed by atoms with E-state index in [9.17, 15) is 9.59 Å². The van der Waals surface area contributed by atoms with Crippen LogP contribution < -0.4 is 10.9 Å². The zero-order valence-electron chi connectivity index (χ0n) is 14.4. The molecule has 1 spiro atoms. The molecule has 2 unspecified atom stereocenters. The van der Waals surface area contributed by atoms with Crippen molar-refractivity contribution in [1.29, 1.82) is 0 Å². The zero-order chi connectivity index (χ0) is 17.4. The number of carbonyl (C=O) groups is 1. The van der Waals surface area contributed by atoms with Crippen LogP contribution >= 0.6 is 0 Å². The van der Waals surface area contributed by atoms with Gasteiger partial charge in [0.2, 0.25) is 5.91 Å². The van der Waals surface area contributed by atoms with E-state index in [2.05, 4.69) is 10.4 Å². The summed E-state index contributed by atoms with van der Waals surface area (Å²) in [5.41, 5.74) is -0.111. The fraction of sp³-hybridized carbons (Fsp3) is 0.526. The lowest BCUT2D eigenvalue weighted by molar-refractivity contribution is -0.176. The van der Waals surface area contributed by atoms with Gasteiger partial charge in [0.15, 0.2) is 0 Å². The largest absolute Gasteiger partial charge is 0.378 e. The molecule has 6 nitrogen and oxygen atoms in total. The summed E-state index contributed by atoms with van der Waals surface area (Å²) in [5.74, 6) is -0.156. The Kier molecular flexibility index (Phi) is 4.07. The van der Waals surface area contributed by atoms with Crippen LogP contribution in [0.1, 0.15) is 32.6 Å². The summed E-state index contributed by atoms with van der Waals surface area (Å²) in [5, 5.41) is 8.61. The molecule has 2 fully saturated rings. The predicted molar refractivity (Wildman–Crippen MR) is 94.2 cm³/mol. The number of ether oxygens (including phenoxy) is 1. The molecule has 132 valence electrons. The average Bonchev–Trinajstić information content (AvgIpc) is 2.55. The summed E-state index contributed by atoms with van der Waals surface area (Å²) < 4.78 is 7.05. The van der Waals surface area contributed by atoms with Gasteiger partial charge in [-0.05, 0) is 32.3 Å². The van der Waals surface area contributed by atoms with Gasteiger partial charge in [-0.15, -0.1) is 0 Å². The fourth-order valence-corrected chi connectivity index (χ4v) is 4.26. The SMILES string of the molecule is CCOC1CC(NC(=O)Cn2ncc3ccccc3c2=O)C12CCC2. The van der Waals surface area contributed by atoms with Gasteiger partial charge in [-0.25, -0.2) is 4.68 Å². The minimum absolute atomic E-state index is 0.0461. The molecule has 4 rings (SSSR count). The Morgan fingerprint density at radius 2 is 2.20 bits per heavy atom. The van der Waals surface area contributed by atoms with E-state index in [0.29, 0.717) is 12.0 Å². The molecule has 1 heterocycles. The molecular weight excluding hydrogens is 318 g/mol. The summed E-state index contributed by atoms with van der Waals surface area (Å²) in [6.45, 7) is 2.68. The summed E-state index contributed by atoms with van der Waals surface area (Å²) in [6, 6.07) is 7.44. The van der Waals surface area contributed by atoms with Crippen molar-refractivity contribution in [2.45, 2.75) is 51.3 Å². The lowest BCUT2D eigenvalue weighted by Gasteiger charge is -2.61. The second-order valence-electron chi connectivity index (χ2n) is 7.08. The average molecular weight is 341 g/mol. The van der Waals surface area contributed by atoms with E-state index < -0.39 is 0 Å². The highest BCUT2D eigenvalue weighted by Gasteiger charge is 2.59. The molecule has 2 aliphatic rings. The molecule has 0 saturated heterocycles. The van der Waals surface area contributed by atoms with Crippen LogP contribution in [0.3, 0.4) is 0 Å². The molecule has 2 saturated carbocycles. The molecule has 25 heavy (non-hydrogen) atoms. The van der Waals surface area contributed by atoms with Crippen molar-refractivity contribution in [3.8, 4) is 0 Å². The highest BCUT2D eigenvalue weighted by Crippen LogP contribution is 2.57. The number of amides is 1. The van der Waals surface area contributed by atoms with Crippen molar-refractivity contribution in [1.82, 2.24) is 15.1 Å². The highest BCUT2D eigenvalue weighted by atomic mass is 16.5. The first-order chi connectivity index (χ1) is 12.1. The molecule has 1 amide bonds. The van der Waals surface area contributed by atoms with Crippen LogP contribution in [0.5, 0.6) is 0 Å². The van der Waals surface area contributed by atoms with E-state index in [1.807, 2.05) is 25.1 Å². The Hall–Kier alpha value is -2.21. The standard InChI is InChI=1S/C19H23N3O3/c1-2-25-16-10-15(19(16)8-5-9-19)21-17(23)12-22-18(24)14-7-4-3-6-13(14)11-20-22/h3-4,6-7,11,15-16H,2,5,8-10,12H2,1H3,(H,21,23). The van der Waals surface area contributed by atoms with Crippen molar-refractivity contribution < 1.29 is 9.53 Å². The van der Waals surface area contributed by atoms with E-state index in [1.54, 1.807) is 12.3 Å². The predicted octanol–water partition coefficient (Wildman–Crippen LogP) is 1.86. The van der Waals surface area contributed by atoms with Crippen LogP contribution in [0.4, 0.5) is 0 Å². The molecule has 0 aliphatic heterocycles. The third-order valence-corrected chi connectivity index (χ3v) is 5.83. The van der Waals surface area contributed by atoms with Crippen LogP contribution in [-0.2, 0) is 16.1 Å². The first-order valence-corrected chi connectivity index (χ1v) is 9.00. The maximum absolute atomic E-state index is 12.5. The van der Waals surface area contributed by atoms with Gasteiger partial charge < -0.3 is 10.1 Å². The molecule has 2 aliphatic carbocycles. The Bertz CT molecular complexity index is 856. The summed E-state index contributed by atoms with van der Waals surface area (Å²) >= 11 is 0. The molecule has 0 radical (unpaired) electrons. The monoisotopic (exact) mass is 341 g/mol. The van der Waals surface area contributed by atoms with Crippen molar-refractivity contribution >= 4 is 16.7 Å². The number of nitrogens with one attached hydrogen (secondary N) is 1. The van der Waals surface area contributed by atoms with Crippen LogP contribution in [0, 0.1) is 5.41 Å². The van der Waals surface area contributed by atoms with Gasteiger partial charge in [-0.2, -0.15) is 5.10 Å². The Balaban J connectivity index is 1.45. The molecule has 0 bridgehead atoms. The summed E-state index contributed by atoms with van der Waals surface area (Å²) in [6.07, 6.45) is 6.17. The molecule has 2 aromatic rings. The van der Waals surface area contributed by atoms with Crippen LogP contribution in [0.15, 0.2) is 35.3 Å². The van der Waals surface area contributed by atoms with Crippen LogP contribution in [0.2, 0.25) is 0 Å². The maximum atomic E-state index is 12.5. The van der Waals surface area contributed by atoms with E-state index in [4.69, 9.17) is 4.74 Å². The quantitative estimate of drug-likeness (QED) is 0.901. The highest BCUT2D eigenvalue weighted by molar-refractivity contribution is 5.81. The molecule has 6 heteroatoms. The number of benzene rings is 1. The number of hydrogen-bond donors (Lipinski definition) is 1.